The van der Waals surface area contributed by atoms with Crippen molar-refractivity contribution in [3.05, 3.63) is 23.3 Å². The number of nitrogens with zero attached hydrogens (tertiary/aromatic N) is 1. The van der Waals surface area contributed by atoms with Gasteiger partial charge in [-0.25, -0.2) is 0 Å². The quantitative estimate of drug-likeness (QED) is 0.0809. The zero-order chi connectivity index (χ0) is 22.7. The molecule has 0 unspecified atom stereocenters. The third-order valence-corrected chi connectivity index (χ3v) is 4.32. The molecule has 28 heavy (non-hydrogen) atoms. The van der Waals surface area contributed by atoms with Gasteiger partial charge >= 0.3 is 0 Å². The summed E-state index contributed by atoms with van der Waals surface area (Å²) in [6.07, 6.45) is 0. The minimum atomic E-state index is -3.88. The van der Waals surface area contributed by atoms with Gasteiger partial charge in [0.25, 0.3) is 30.4 Å². The molecule has 0 spiro atoms. The lowest BCUT2D eigenvalue weighted by atomic mass is 10.8. The number of nitro groups is 1. The Balaban J connectivity index is -0.0000000642. The van der Waals surface area contributed by atoms with E-state index in [1.54, 1.807) is 0 Å². The minimum Gasteiger partial charge on any atom is -0.344 e. The van der Waals surface area contributed by atoms with E-state index in [0.717, 1.165) is 0 Å². The molecule has 0 saturated carbocycles. The first kappa shape index (κ1) is 37.4. The molecule has 0 aliphatic heterocycles. The summed E-state index contributed by atoms with van der Waals surface area (Å²) in [6.45, 7) is 5.30. The van der Waals surface area contributed by atoms with E-state index in [1.165, 1.54) is 0 Å². The summed E-state index contributed by atoms with van der Waals surface area (Å²) < 4.78 is 75.2. The molecule has 0 amide bonds. The van der Waals surface area contributed by atoms with Crippen LogP contribution in [0.1, 0.15) is 1.43 Å². The first-order valence-electron chi connectivity index (χ1n) is 6.35. The van der Waals surface area contributed by atoms with Crippen LogP contribution in [0.5, 0.6) is 0 Å². The van der Waals surface area contributed by atoms with E-state index >= 15 is 0 Å². The predicted octanol–water partition coefficient (Wildman–Crippen LogP) is -3.31. The number of nitrogens with two attached hydrogens (primary N) is 4. The fraction of sp³-hybridized carbons (Fsp3) is 0.750. The van der Waals surface area contributed by atoms with Gasteiger partial charge in [0, 0.05) is 19.4 Å². The molecular formula is C8H30N6O11S3. The van der Waals surface area contributed by atoms with Crippen LogP contribution >= 0.6 is 0 Å². The van der Waals surface area contributed by atoms with Crippen LogP contribution in [0.4, 0.5) is 0 Å². The molecule has 0 aromatic rings. The largest absolute Gasteiger partial charge is 0.344 e. The molecule has 0 aliphatic rings. The Kier molecular flexibility index (Phi) is 27.3. The molecule has 0 aliphatic carbocycles. The molecule has 0 heterocycles. The van der Waals surface area contributed by atoms with E-state index < -0.39 is 47.6 Å². The topological polar surface area (TPSA) is 323 Å². The summed E-state index contributed by atoms with van der Waals surface area (Å²) in [4.78, 5) is 8.84. The Morgan fingerprint density at radius 1 is 0.893 bits per heavy atom. The summed E-state index contributed by atoms with van der Waals surface area (Å²) in [7, 11) is -11.2. The predicted molar refractivity (Wildman–Crippen MR) is 103 cm³/mol. The van der Waals surface area contributed by atoms with E-state index in [4.69, 9.17) is 16.0 Å². The Labute approximate surface area is 165 Å². The van der Waals surface area contributed by atoms with E-state index in [2.05, 4.69) is 33.5 Å². The molecule has 0 saturated heterocycles. The van der Waals surface area contributed by atoms with Gasteiger partial charge in [-0.3, -0.25) is 14.7 Å². The zero-order valence-electron chi connectivity index (χ0n) is 14.9. The summed E-state index contributed by atoms with van der Waals surface area (Å²) in [5.74, 6) is 7.35. The Morgan fingerprint density at radius 3 is 1.36 bits per heavy atom. The molecule has 0 atom stereocenters. The standard InChI is InChI=1S/C2H6N2O5S.C2H8N2O3S.C2H7NO3S.C2H4.H3N.H2/c3-9-10(7,8)2-1-4(5)6;3-1-2-8(5,6)7-4;3-1-2-7(4,5)6;1-2;;/h1-3H2;1-4H2;1-3H2,(H,4,5,6);1-2H2;1H3;1H. The van der Waals surface area contributed by atoms with Crippen LogP contribution in [0, 0.1) is 10.1 Å². The average Bonchev–Trinajstić information content (AvgIpc) is 2.55. The van der Waals surface area contributed by atoms with Crippen molar-refractivity contribution in [2.75, 3.05) is 36.9 Å². The molecule has 0 radical (unpaired) electrons. The number of hydrogen-bond acceptors (Lipinski definition) is 15. The fourth-order valence-electron chi connectivity index (χ4n) is 0.576. The van der Waals surface area contributed by atoms with Gasteiger partial charge in [0.15, 0.2) is 0 Å². The van der Waals surface area contributed by atoms with Gasteiger partial charge in [-0.2, -0.15) is 45.6 Å². The molecule has 12 N–H and O–H groups in total. The fourth-order valence-corrected chi connectivity index (χ4v) is 1.73. The average molecular weight is 483 g/mol. The van der Waals surface area contributed by atoms with Crippen LogP contribution in [-0.2, 0) is 38.9 Å². The highest BCUT2D eigenvalue weighted by Gasteiger charge is 2.12. The highest BCUT2D eigenvalue weighted by molar-refractivity contribution is 7.87. The monoisotopic (exact) mass is 482 g/mol. The molecule has 0 bridgehead atoms. The minimum absolute atomic E-state index is 0. The van der Waals surface area contributed by atoms with Crippen LogP contribution in [0.2, 0.25) is 0 Å². The Morgan fingerprint density at radius 2 is 1.21 bits per heavy atom. The second-order valence-corrected chi connectivity index (χ2v) is 8.64. The van der Waals surface area contributed by atoms with Crippen molar-refractivity contribution < 1.29 is 44.7 Å². The van der Waals surface area contributed by atoms with Gasteiger partial charge in [-0.15, -0.1) is 13.2 Å². The molecule has 0 rings (SSSR count). The van der Waals surface area contributed by atoms with E-state index in [0.29, 0.717) is 0 Å². The summed E-state index contributed by atoms with van der Waals surface area (Å²) in [5, 5.41) is 9.61. The van der Waals surface area contributed by atoms with Crippen molar-refractivity contribution in [3.8, 4) is 0 Å². The first-order chi connectivity index (χ1) is 12.2. The second kappa shape index (κ2) is 20.4. The van der Waals surface area contributed by atoms with Crippen LogP contribution in [-0.4, -0.2) is 71.6 Å². The number of rotatable bonds is 9. The third kappa shape index (κ3) is 39.7. The maximum absolute atomic E-state index is 10.3. The van der Waals surface area contributed by atoms with Gasteiger partial charge in [-0.05, 0) is 0 Å². The molecular weight excluding hydrogens is 452 g/mol. The van der Waals surface area contributed by atoms with Crippen molar-refractivity contribution in [1.29, 1.82) is 0 Å². The van der Waals surface area contributed by atoms with Gasteiger partial charge in [0.1, 0.15) is 5.75 Å². The lowest BCUT2D eigenvalue weighted by Crippen LogP contribution is -2.20. The van der Waals surface area contributed by atoms with Crippen LogP contribution in [0.15, 0.2) is 13.2 Å². The smallest absolute Gasteiger partial charge is 0.289 e. The molecule has 176 valence electrons. The molecule has 0 aromatic heterocycles. The van der Waals surface area contributed by atoms with Crippen molar-refractivity contribution in [3.63, 3.8) is 0 Å². The van der Waals surface area contributed by atoms with Crippen molar-refractivity contribution in [2.45, 2.75) is 0 Å². The van der Waals surface area contributed by atoms with Gasteiger partial charge in [0.05, 0.1) is 11.5 Å². The maximum Gasteiger partial charge on any atom is 0.289 e. The second-order valence-electron chi connectivity index (χ2n) is 3.64. The Hall–Kier alpha value is -1.33. The summed E-state index contributed by atoms with van der Waals surface area (Å²) >= 11 is 0. The van der Waals surface area contributed by atoms with Crippen LogP contribution < -0.4 is 29.4 Å². The molecule has 17 nitrogen and oxygen atoms in total. The van der Waals surface area contributed by atoms with E-state index in [-0.39, 0.29) is 32.2 Å². The van der Waals surface area contributed by atoms with E-state index in [1.807, 2.05) is 0 Å². The molecule has 20 heteroatoms. The van der Waals surface area contributed by atoms with Crippen LogP contribution in [0.25, 0.3) is 0 Å². The van der Waals surface area contributed by atoms with Gasteiger partial charge in [0.2, 0.25) is 6.54 Å². The third-order valence-electron chi connectivity index (χ3n) is 1.56. The van der Waals surface area contributed by atoms with Crippen molar-refractivity contribution in [2.24, 2.45) is 23.3 Å². The highest BCUT2D eigenvalue weighted by atomic mass is 32.2. The SMILES string of the molecule is C=C.N.NCCS(=O)(=O)O.NCCS(=O)(=O)ON.NOS(=O)(=O)CC[N+](=O)[O-].[HH]. The van der Waals surface area contributed by atoms with Gasteiger partial charge < -0.3 is 17.6 Å². The van der Waals surface area contributed by atoms with E-state index in [9.17, 15) is 35.4 Å². The lowest BCUT2D eigenvalue weighted by molar-refractivity contribution is -0.474. The van der Waals surface area contributed by atoms with Gasteiger partial charge in [-0.1, -0.05) is 0 Å². The van der Waals surface area contributed by atoms with Crippen molar-refractivity contribution >= 4 is 30.4 Å². The number of hydrogen-bond donors (Lipinski definition) is 6. The van der Waals surface area contributed by atoms with Crippen molar-refractivity contribution in [1.82, 2.24) is 6.15 Å². The molecule has 0 aromatic carbocycles. The van der Waals surface area contributed by atoms with Crippen LogP contribution in [0.3, 0.4) is 0 Å². The lowest BCUT2D eigenvalue weighted by Gasteiger charge is -1.93. The summed E-state index contributed by atoms with van der Waals surface area (Å²) in [5.41, 5.74) is 9.65. The normalized spacial score (nSPS) is 10.5. The maximum atomic E-state index is 10.3. The summed E-state index contributed by atoms with van der Waals surface area (Å²) in [6, 6.07) is 0. The first-order valence-corrected chi connectivity index (χ1v) is 11.1. The zero-order valence-corrected chi connectivity index (χ0v) is 17.3. The Bertz CT molecular complexity index is 685. The molecule has 0 fully saturated rings. The highest BCUT2D eigenvalue weighted by Crippen LogP contribution is 1.86.